The van der Waals surface area contributed by atoms with E-state index in [2.05, 4.69) is 10.6 Å². The molecule has 0 saturated carbocycles. The SMILES string of the molecule is Cc1ccc(N2CC(NC(=O)Nc3ccc(C)c(Cl)c3)CC2=O)cc1C. The van der Waals surface area contributed by atoms with Crippen LogP contribution < -0.4 is 15.5 Å². The molecule has 0 spiro atoms. The van der Waals surface area contributed by atoms with E-state index in [-0.39, 0.29) is 24.4 Å². The van der Waals surface area contributed by atoms with E-state index >= 15 is 0 Å². The van der Waals surface area contributed by atoms with Crippen molar-refractivity contribution in [3.05, 3.63) is 58.1 Å². The number of aryl methyl sites for hydroxylation is 3. The molecule has 3 amide bonds. The van der Waals surface area contributed by atoms with Crippen molar-refractivity contribution in [2.75, 3.05) is 16.8 Å². The number of hydrogen-bond donors (Lipinski definition) is 2. The van der Waals surface area contributed by atoms with Gasteiger partial charge in [-0.25, -0.2) is 4.79 Å². The van der Waals surface area contributed by atoms with Gasteiger partial charge in [-0.05, 0) is 61.7 Å². The maximum Gasteiger partial charge on any atom is 0.319 e. The summed E-state index contributed by atoms with van der Waals surface area (Å²) in [6.07, 6.45) is 0.287. The Bertz CT molecular complexity index is 866. The minimum atomic E-state index is -0.343. The highest BCUT2D eigenvalue weighted by Gasteiger charge is 2.31. The quantitative estimate of drug-likeness (QED) is 0.849. The molecule has 1 fully saturated rings. The fraction of sp³-hybridized carbons (Fsp3) is 0.300. The molecule has 1 heterocycles. The third kappa shape index (κ3) is 3.99. The third-order valence-corrected chi connectivity index (χ3v) is 5.10. The van der Waals surface area contributed by atoms with Gasteiger partial charge in [-0.1, -0.05) is 23.7 Å². The largest absolute Gasteiger partial charge is 0.333 e. The number of carbonyl (C=O) groups is 2. The normalized spacial score (nSPS) is 16.7. The molecule has 136 valence electrons. The van der Waals surface area contributed by atoms with E-state index in [0.29, 0.717) is 17.3 Å². The lowest BCUT2D eigenvalue weighted by molar-refractivity contribution is -0.117. The first-order valence-electron chi connectivity index (χ1n) is 8.55. The fourth-order valence-corrected chi connectivity index (χ4v) is 3.15. The molecule has 1 saturated heterocycles. The highest BCUT2D eigenvalue weighted by molar-refractivity contribution is 6.31. The van der Waals surface area contributed by atoms with Gasteiger partial charge in [0.1, 0.15) is 0 Å². The van der Waals surface area contributed by atoms with Crippen LogP contribution in [-0.4, -0.2) is 24.5 Å². The van der Waals surface area contributed by atoms with Crippen LogP contribution in [0.4, 0.5) is 16.2 Å². The van der Waals surface area contributed by atoms with Crippen LogP contribution >= 0.6 is 11.6 Å². The van der Waals surface area contributed by atoms with Gasteiger partial charge in [0, 0.05) is 29.4 Å². The molecule has 5 nitrogen and oxygen atoms in total. The van der Waals surface area contributed by atoms with Crippen molar-refractivity contribution in [2.45, 2.75) is 33.2 Å². The number of benzene rings is 2. The van der Waals surface area contributed by atoms with Crippen LogP contribution in [-0.2, 0) is 4.79 Å². The van der Waals surface area contributed by atoms with Crippen molar-refractivity contribution in [3.63, 3.8) is 0 Å². The first kappa shape index (κ1) is 18.3. The van der Waals surface area contributed by atoms with Crippen molar-refractivity contribution >= 4 is 34.9 Å². The second-order valence-electron chi connectivity index (χ2n) is 6.74. The lowest BCUT2D eigenvalue weighted by atomic mass is 10.1. The Morgan fingerprint density at radius 1 is 1.08 bits per heavy atom. The van der Waals surface area contributed by atoms with Crippen LogP contribution in [0.5, 0.6) is 0 Å². The van der Waals surface area contributed by atoms with Crippen molar-refractivity contribution in [1.82, 2.24) is 5.32 Å². The molecule has 2 N–H and O–H groups in total. The van der Waals surface area contributed by atoms with E-state index < -0.39 is 0 Å². The van der Waals surface area contributed by atoms with Gasteiger partial charge in [-0.15, -0.1) is 0 Å². The molecule has 1 aliphatic rings. The molecule has 2 aromatic carbocycles. The molecule has 0 bridgehead atoms. The second kappa shape index (κ2) is 7.38. The van der Waals surface area contributed by atoms with E-state index in [1.54, 1.807) is 17.0 Å². The number of nitrogens with one attached hydrogen (secondary N) is 2. The zero-order valence-electron chi connectivity index (χ0n) is 15.1. The molecular weight excluding hydrogens is 350 g/mol. The highest BCUT2D eigenvalue weighted by Crippen LogP contribution is 2.24. The fourth-order valence-electron chi connectivity index (χ4n) is 2.97. The highest BCUT2D eigenvalue weighted by atomic mass is 35.5. The summed E-state index contributed by atoms with van der Waals surface area (Å²) in [6, 6.07) is 10.7. The summed E-state index contributed by atoms with van der Waals surface area (Å²) >= 11 is 6.07. The minimum Gasteiger partial charge on any atom is -0.333 e. The maximum absolute atomic E-state index is 12.3. The van der Waals surface area contributed by atoms with Gasteiger partial charge in [0.25, 0.3) is 0 Å². The molecule has 1 atom stereocenters. The van der Waals surface area contributed by atoms with E-state index in [1.807, 2.05) is 45.0 Å². The van der Waals surface area contributed by atoms with Crippen LogP contribution in [0.25, 0.3) is 0 Å². The van der Waals surface area contributed by atoms with Gasteiger partial charge in [0.05, 0.1) is 6.04 Å². The summed E-state index contributed by atoms with van der Waals surface area (Å²) in [5.41, 5.74) is 4.76. The molecule has 26 heavy (non-hydrogen) atoms. The van der Waals surface area contributed by atoms with Crippen molar-refractivity contribution in [1.29, 1.82) is 0 Å². The number of halogens is 1. The number of rotatable bonds is 3. The first-order valence-corrected chi connectivity index (χ1v) is 8.92. The Hall–Kier alpha value is -2.53. The van der Waals surface area contributed by atoms with Gasteiger partial charge in [-0.3, -0.25) is 4.79 Å². The van der Waals surface area contributed by atoms with Gasteiger partial charge in [0.2, 0.25) is 5.91 Å². The van der Waals surface area contributed by atoms with Crippen LogP contribution in [0.15, 0.2) is 36.4 Å². The van der Waals surface area contributed by atoms with E-state index in [0.717, 1.165) is 16.8 Å². The Morgan fingerprint density at radius 2 is 1.81 bits per heavy atom. The summed E-state index contributed by atoms with van der Waals surface area (Å²) in [5.74, 6) is 0.0110. The average molecular weight is 372 g/mol. The smallest absolute Gasteiger partial charge is 0.319 e. The number of urea groups is 1. The van der Waals surface area contributed by atoms with Crippen LogP contribution in [0.2, 0.25) is 5.02 Å². The zero-order valence-corrected chi connectivity index (χ0v) is 15.9. The summed E-state index contributed by atoms with van der Waals surface area (Å²) in [4.78, 5) is 26.3. The van der Waals surface area contributed by atoms with E-state index in [1.165, 1.54) is 5.56 Å². The molecular formula is C20H22ClN3O2. The van der Waals surface area contributed by atoms with Crippen molar-refractivity contribution < 1.29 is 9.59 Å². The van der Waals surface area contributed by atoms with E-state index in [9.17, 15) is 9.59 Å². The topological polar surface area (TPSA) is 61.4 Å². The van der Waals surface area contributed by atoms with Gasteiger partial charge >= 0.3 is 6.03 Å². The summed E-state index contributed by atoms with van der Waals surface area (Å²) in [7, 11) is 0. The predicted molar refractivity (Wildman–Crippen MR) is 105 cm³/mol. The molecule has 0 aliphatic carbocycles. The van der Waals surface area contributed by atoms with Crippen molar-refractivity contribution in [2.24, 2.45) is 0 Å². The predicted octanol–water partition coefficient (Wildman–Crippen LogP) is 4.19. The maximum atomic E-state index is 12.3. The number of anilines is 2. The molecule has 6 heteroatoms. The Kier molecular flexibility index (Phi) is 5.18. The second-order valence-corrected chi connectivity index (χ2v) is 7.14. The summed E-state index contributed by atoms with van der Waals surface area (Å²) in [5, 5.41) is 6.22. The first-order chi connectivity index (χ1) is 12.3. The molecule has 1 unspecified atom stereocenters. The van der Waals surface area contributed by atoms with Gasteiger partial charge in [-0.2, -0.15) is 0 Å². The standard InChI is InChI=1S/C20H22ClN3O2/c1-12-5-7-17(8-14(12)3)24-11-16(10-19(24)25)23-20(26)22-15-6-4-13(2)18(21)9-15/h4-9,16H,10-11H2,1-3H3,(H2,22,23,26). The lowest BCUT2D eigenvalue weighted by Crippen LogP contribution is -2.39. The zero-order chi connectivity index (χ0) is 18.8. The van der Waals surface area contributed by atoms with Crippen molar-refractivity contribution in [3.8, 4) is 0 Å². The summed E-state index contributed by atoms with van der Waals surface area (Å²) in [6.45, 7) is 6.42. The average Bonchev–Trinajstić information content (AvgIpc) is 2.93. The van der Waals surface area contributed by atoms with Crippen LogP contribution in [0.1, 0.15) is 23.1 Å². The molecule has 0 radical (unpaired) electrons. The van der Waals surface area contributed by atoms with Gasteiger partial charge in [0.15, 0.2) is 0 Å². The van der Waals surface area contributed by atoms with Crippen LogP contribution in [0, 0.1) is 20.8 Å². The Balaban J connectivity index is 1.62. The summed E-state index contributed by atoms with van der Waals surface area (Å²) < 4.78 is 0. The number of hydrogen-bond acceptors (Lipinski definition) is 2. The lowest BCUT2D eigenvalue weighted by Gasteiger charge is -2.18. The van der Waals surface area contributed by atoms with Gasteiger partial charge < -0.3 is 15.5 Å². The minimum absolute atomic E-state index is 0.0110. The Labute approximate surface area is 158 Å². The van der Waals surface area contributed by atoms with Crippen LogP contribution in [0.3, 0.4) is 0 Å². The monoisotopic (exact) mass is 371 g/mol. The third-order valence-electron chi connectivity index (χ3n) is 4.69. The molecule has 0 aromatic heterocycles. The Morgan fingerprint density at radius 3 is 2.50 bits per heavy atom. The number of carbonyl (C=O) groups excluding carboxylic acids is 2. The van der Waals surface area contributed by atoms with E-state index in [4.69, 9.17) is 11.6 Å². The number of amides is 3. The molecule has 3 rings (SSSR count). The molecule has 1 aliphatic heterocycles. The number of nitrogens with zero attached hydrogens (tertiary/aromatic N) is 1. The molecule has 2 aromatic rings.